The first-order valence-corrected chi connectivity index (χ1v) is 7.82. The average molecular weight is 285 g/mol. The van der Waals surface area contributed by atoms with Crippen molar-refractivity contribution in [2.24, 2.45) is 0 Å². The van der Waals surface area contributed by atoms with E-state index in [0.29, 0.717) is 23.5 Å². The van der Waals surface area contributed by atoms with E-state index in [1.54, 1.807) is 0 Å². The van der Waals surface area contributed by atoms with Gasteiger partial charge in [-0.3, -0.25) is 0 Å². The summed E-state index contributed by atoms with van der Waals surface area (Å²) in [7, 11) is 0. The van der Waals surface area contributed by atoms with E-state index in [0.717, 1.165) is 10.5 Å². The summed E-state index contributed by atoms with van der Waals surface area (Å²) in [5.41, 5.74) is 4.95. The van der Waals surface area contributed by atoms with Crippen LogP contribution in [0.4, 0.5) is 0 Å². The van der Waals surface area contributed by atoms with Crippen molar-refractivity contribution in [3.8, 4) is 11.1 Å². The van der Waals surface area contributed by atoms with Crippen LogP contribution in [0.1, 0.15) is 50.7 Å². The van der Waals surface area contributed by atoms with Crippen molar-refractivity contribution >= 4 is 11.7 Å². The molecule has 0 unspecified atom stereocenters. The molecule has 1 nitrogen and oxygen atoms in total. The summed E-state index contributed by atoms with van der Waals surface area (Å²) >= 11 is 0.581. The third-order valence-electron chi connectivity index (χ3n) is 3.62. The lowest BCUT2D eigenvalue weighted by atomic mass is 9.85. The molecule has 0 fully saturated rings. The molecule has 0 amide bonds. The number of rotatable bonds is 4. The predicted molar refractivity (Wildman–Crippen MR) is 86.4 cm³/mol. The Bertz CT molecular complexity index is 588. The van der Waals surface area contributed by atoms with Crippen LogP contribution in [0.3, 0.4) is 0 Å². The summed E-state index contributed by atoms with van der Waals surface area (Å²) < 4.78 is 11.4. The highest BCUT2D eigenvalue weighted by Gasteiger charge is 2.22. The van der Waals surface area contributed by atoms with Crippen LogP contribution in [0.2, 0.25) is 0 Å². The minimum absolute atomic E-state index is 0.438. The first-order chi connectivity index (χ1) is 9.56. The third kappa shape index (κ3) is 2.80. The van der Waals surface area contributed by atoms with E-state index in [2.05, 4.69) is 52.0 Å². The molecule has 0 N–H and O–H groups in total. The molecule has 2 rings (SSSR count). The summed E-state index contributed by atoms with van der Waals surface area (Å²) in [5.74, 6) is 0.877. The molecule has 0 heterocycles. The summed E-state index contributed by atoms with van der Waals surface area (Å²) in [4.78, 5) is 0.808. The molecule has 2 aromatic carbocycles. The first kappa shape index (κ1) is 14.9. The Kier molecular flexibility index (Phi) is 4.66. The Morgan fingerprint density at radius 3 is 1.85 bits per heavy atom. The minimum Gasteiger partial charge on any atom is -0.0617 e. The van der Waals surface area contributed by atoms with Gasteiger partial charge in [-0.2, -0.15) is 0 Å². The van der Waals surface area contributed by atoms with Crippen LogP contribution in [0, 0.1) is 0 Å². The Balaban J connectivity index is 2.79. The maximum absolute atomic E-state index is 11.4. The van der Waals surface area contributed by atoms with Crippen LogP contribution in [-0.2, 0) is 15.9 Å². The van der Waals surface area contributed by atoms with E-state index in [-0.39, 0.29) is 0 Å². The van der Waals surface area contributed by atoms with Gasteiger partial charge >= 0.3 is 11.7 Å². The van der Waals surface area contributed by atoms with Crippen LogP contribution < -0.4 is 0 Å². The van der Waals surface area contributed by atoms with Crippen molar-refractivity contribution in [2.75, 3.05) is 0 Å². The number of hydrogen-bond donors (Lipinski definition) is 0. The molecule has 0 saturated carbocycles. The van der Waals surface area contributed by atoms with Crippen LogP contribution in [0.5, 0.6) is 0 Å². The van der Waals surface area contributed by atoms with Crippen molar-refractivity contribution in [1.29, 1.82) is 0 Å². The van der Waals surface area contributed by atoms with Crippen LogP contribution in [-0.4, -0.2) is 0 Å². The Morgan fingerprint density at radius 2 is 1.35 bits per heavy atom. The van der Waals surface area contributed by atoms with E-state index in [9.17, 15) is 4.21 Å². The van der Waals surface area contributed by atoms with Crippen LogP contribution >= 0.6 is 0 Å². The van der Waals surface area contributed by atoms with E-state index in [1.165, 1.54) is 16.7 Å². The van der Waals surface area contributed by atoms with Gasteiger partial charge < -0.3 is 0 Å². The van der Waals surface area contributed by atoms with Crippen molar-refractivity contribution in [2.45, 2.75) is 44.4 Å². The van der Waals surface area contributed by atoms with Crippen molar-refractivity contribution in [1.82, 2.24) is 0 Å². The Hall–Kier alpha value is -1.54. The molecule has 20 heavy (non-hydrogen) atoms. The van der Waals surface area contributed by atoms with Gasteiger partial charge in [0, 0.05) is 10.3 Å². The zero-order valence-electron chi connectivity index (χ0n) is 12.5. The van der Waals surface area contributed by atoms with Gasteiger partial charge in [0.25, 0.3) is 4.90 Å². The lowest BCUT2D eigenvalue weighted by Gasteiger charge is -2.19. The smallest absolute Gasteiger partial charge is 0.0617 e. The highest BCUT2D eigenvalue weighted by atomic mass is 32.1. The molecule has 0 saturated heterocycles. The molecule has 0 aliphatic heterocycles. The second-order valence-electron chi connectivity index (χ2n) is 5.70. The second-order valence-corrected chi connectivity index (χ2v) is 6.31. The van der Waals surface area contributed by atoms with Crippen LogP contribution in [0.15, 0.2) is 47.4 Å². The predicted octanol–water partition coefficient (Wildman–Crippen LogP) is 5.39. The van der Waals surface area contributed by atoms with Gasteiger partial charge in [-0.25, -0.2) is 0 Å². The second kappa shape index (κ2) is 6.27. The average Bonchev–Trinajstić information content (AvgIpc) is 2.46. The molecule has 0 aromatic heterocycles. The quantitative estimate of drug-likeness (QED) is 0.688. The molecular weight excluding hydrogens is 264 g/mol. The summed E-state index contributed by atoms with van der Waals surface area (Å²) in [6, 6.07) is 14.4. The van der Waals surface area contributed by atoms with Crippen LogP contribution in [0.25, 0.3) is 11.1 Å². The minimum atomic E-state index is 0.438. The van der Waals surface area contributed by atoms with Gasteiger partial charge in [0.05, 0.1) is 5.56 Å². The fourth-order valence-corrected chi connectivity index (χ4v) is 3.00. The van der Waals surface area contributed by atoms with Crippen molar-refractivity contribution in [3.05, 3.63) is 53.6 Å². The standard InChI is InChI=1S/C18H21OS/c1-12(2)14-9-7-10-15(13(3)4)18(14)16-8-5-6-11-17(16)20-19/h5-13H,1-4H3/q+1. The van der Waals surface area contributed by atoms with E-state index >= 15 is 0 Å². The fraction of sp³-hybridized carbons (Fsp3) is 0.333. The lowest BCUT2D eigenvalue weighted by Crippen LogP contribution is -2.00. The van der Waals surface area contributed by atoms with Gasteiger partial charge in [0.15, 0.2) is 0 Å². The van der Waals surface area contributed by atoms with E-state index < -0.39 is 0 Å². The number of benzene rings is 2. The highest BCUT2D eigenvalue weighted by molar-refractivity contribution is 7.65. The first-order valence-electron chi connectivity index (χ1n) is 7.08. The Labute approximate surface area is 125 Å². The largest absolute Gasteiger partial charge is 0.505 e. The van der Waals surface area contributed by atoms with Crippen molar-refractivity contribution in [3.63, 3.8) is 0 Å². The molecular formula is C18H21OS+. The molecule has 2 heteroatoms. The topological polar surface area (TPSA) is 17.1 Å². The lowest BCUT2D eigenvalue weighted by molar-refractivity contribution is 0.605. The third-order valence-corrected chi connectivity index (χ3v) is 4.15. The number of hydrogen-bond acceptors (Lipinski definition) is 1. The summed E-state index contributed by atoms with van der Waals surface area (Å²) in [6.07, 6.45) is 0. The van der Waals surface area contributed by atoms with Gasteiger partial charge in [-0.15, -0.1) is 0 Å². The molecule has 0 aliphatic rings. The molecule has 0 bridgehead atoms. The Morgan fingerprint density at radius 1 is 0.800 bits per heavy atom. The maximum atomic E-state index is 11.4. The fourth-order valence-electron chi connectivity index (χ4n) is 2.61. The zero-order valence-corrected chi connectivity index (χ0v) is 13.3. The molecule has 0 spiro atoms. The molecule has 104 valence electrons. The van der Waals surface area contributed by atoms with Gasteiger partial charge in [0.1, 0.15) is 0 Å². The summed E-state index contributed by atoms with van der Waals surface area (Å²) in [6.45, 7) is 8.82. The molecule has 0 atom stereocenters. The van der Waals surface area contributed by atoms with E-state index in [4.69, 9.17) is 0 Å². The summed E-state index contributed by atoms with van der Waals surface area (Å²) in [5, 5.41) is 0. The van der Waals surface area contributed by atoms with Gasteiger partial charge in [0.2, 0.25) is 0 Å². The van der Waals surface area contributed by atoms with Gasteiger partial charge in [-0.05, 0) is 34.6 Å². The van der Waals surface area contributed by atoms with E-state index in [1.807, 2.05) is 18.2 Å². The highest BCUT2D eigenvalue weighted by Crippen LogP contribution is 2.37. The van der Waals surface area contributed by atoms with Gasteiger partial charge in [-0.1, -0.05) is 58.0 Å². The zero-order chi connectivity index (χ0) is 14.7. The maximum Gasteiger partial charge on any atom is 0.505 e. The molecule has 0 aliphatic carbocycles. The normalized spacial score (nSPS) is 11.1. The monoisotopic (exact) mass is 285 g/mol. The SMILES string of the molecule is CC(C)c1cccc(C(C)C)c1-c1ccccc1[S+]=O. The van der Waals surface area contributed by atoms with Crippen molar-refractivity contribution < 1.29 is 4.21 Å². The molecule has 2 aromatic rings. The molecule has 0 radical (unpaired) electrons.